The predicted octanol–water partition coefficient (Wildman–Crippen LogP) is 3.29. The van der Waals surface area contributed by atoms with Gasteiger partial charge in [-0.05, 0) is 49.3 Å². The molecule has 0 radical (unpaired) electrons. The lowest BCUT2D eigenvalue weighted by molar-refractivity contribution is 0.199. The van der Waals surface area contributed by atoms with E-state index in [4.69, 9.17) is 0 Å². The van der Waals surface area contributed by atoms with Gasteiger partial charge in [0.1, 0.15) is 0 Å². The monoisotopic (exact) mass is 245 g/mol. The van der Waals surface area contributed by atoms with Crippen LogP contribution in [0.15, 0.2) is 18.2 Å². The van der Waals surface area contributed by atoms with E-state index in [-0.39, 0.29) is 6.10 Å². The van der Waals surface area contributed by atoms with E-state index in [9.17, 15) is 5.11 Å². The van der Waals surface area contributed by atoms with E-state index in [1.54, 1.807) is 0 Å². The molecule has 1 aromatic carbocycles. The van der Waals surface area contributed by atoms with Gasteiger partial charge >= 0.3 is 0 Å². The van der Waals surface area contributed by atoms with Crippen LogP contribution in [0.25, 0.3) is 0 Å². The normalized spacial score (nSPS) is 21.3. The molecule has 1 heterocycles. The minimum atomic E-state index is -0.348. The summed E-state index contributed by atoms with van der Waals surface area (Å²) in [5.74, 6) is 0.910. The third kappa shape index (κ3) is 2.26. The number of hydrogen-bond donors (Lipinski definition) is 1. The van der Waals surface area contributed by atoms with E-state index >= 15 is 0 Å². The van der Waals surface area contributed by atoms with Crippen molar-refractivity contribution in [2.75, 3.05) is 18.0 Å². The zero-order valence-corrected chi connectivity index (χ0v) is 11.2. The molecule has 1 atom stereocenters. The first-order chi connectivity index (χ1) is 8.74. The summed E-state index contributed by atoms with van der Waals surface area (Å²) in [5.41, 5.74) is 3.88. The van der Waals surface area contributed by atoms with Crippen LogP contribution >= 0.6 is 0 Å². The number of benzene rings is 1. The van der Waals surface area contributed by atoms with Crippen molar-refractivity contribution in [3.8, 4) is 0 Å². The highest BCUT2D eigenvalue weighted by atomic mass is 16.3. The predicted molar refractivity (Wildman–Crippen MR) is 75.0 cm³/mol. The fourth-order valence-corrected chi connectivity index (χ4v) is 3.44. The number of rotatable bonds is 3. The van der Waals surface area contributed by atoms with Crippen LogP contribution in [0, 0.1) is 5.92 Å². The van der Waals surface area contributed by atoms with Crippen LogP contribution in [0.3, 0.4) is 0 Å². The summed E-state index contributed by atoms with van der Waals surface area (Å²) in [6.45, 7) is 4.24. The molecule has 1 N–H and O–H groups in total. The molecule has 1 fully saturated rings. The summed E-state index contributed by atoms with van der Waals surface area (Å²) < 4.78 is 0. The fraction of sp³-hybridized carbons (Fsp3) is 0.625. The molecule has 3 rings (SSSR count). The van der Waals surface area contributed by atoms with Gasteiger partial charge in [0, 0.05) is 18.8 Å². The molecular formula is C16H23NO. The second-order valence-corrected chi connectivity index (χ2v) is 5.91. The van der Waals surface area contributed by atoms with E-state index in [0.29, 0.717) is 0 Å². The number of aliphatic hydroxyl groups excluding tert-OH is 1. The van der Waals surface area contributed by atoms with Gasteiger partial charge in [0.25, 0.3) is 0 Å². The SMILES string of the molecule is CC(O)c1ccc2c(c1)CCN2CC1CCCC1. The molecule has 1 aromatic rings. The molecule has 1 aliphatic carbocycles. The van der Waals surface area contributed by atoms with Crippen LogP contribution in [-0.4, -0.2) is 18.2 Å². The molecular weight excluding hydrogens is 222 g/mol. The Kier molecular flexibility index (Phi) is 3.29. The van der Waals surface area contributed by atoms with Crippen molar-refractivity contribution >= 4 is 5.69 Å². The molecule has 98 valence electrons. The van der Waals surface area contributed by atoms with Gasteiger partial charge in [-0.1, -0.05) is 25.0 Å². The lowest BCUT2D eigenvalue weighted by Crippen LogP contribution is -2.26. The topological polar surface area (TPSA) is 23.5 Å². The Bertz CT molecular complexity index is 421. The van der Waals surface area contributed by atoms with Crippen LogP contribution in [0.5, 0.6) is 0 Å². The lowest BCUT2D eigenvalue weighted by Gasteiger charge is -2.23. The van der Waals surface area contributed by atoms with E-state index in [1.165, 1.54) is 43.5 Å². The van der Waals surface area contributed by atoms with E-state index in [1.807, 2.05) is 6.92 Å². The average molecular weight is 245 g/mol. The van der Waals surface area contributed by atoms with Crippen molar-refractivity contribution in [3.05, 3.63) is 29.3 Å². The largest absolute Gasteiger partial charge is 0.389 e. The first kappa shape index (κ1) is 12.0. The number of nitrogens with zero attached hydrogens (tertiary/aromatic N) is 1. The Morgan fingerprint density at radius 3 is 2.83 bits per heavy atom. The molecule has 2 aliphatic rings. The van der Waals surface area contributed by atoms with Gasteiger partial charge < -0.3 is 10.0 Å². The number of hydrogen-bond acceptors (Lipinski definition) is 2. The second kappa shape index (κ2) is 4.93. The highest BCUT2D eigenvalue weighted by molar-refractivity contribution is 5.59. The molecule has 1 unspecified atom stereocenters. The summed E-state index contributed by atoms with van der Waals surface area (Å²) in [7, 11) is 0. The zero-order valence-electron chi connectivity index (χ0n) is 11.2. The summed E-state index contributed by atoms with van der Waals surface area (Å²) in [4.78, 5) is 2.55. The maximum atomic E-state index is 9.64. The maximum absolute atomic E-state index is 9.64. The maximum Gasteiger partial charge on any atom is 0.0762 e. The summed E-state index contributed by atoms with van der Waals surface area (Å²) in [5, 5.41) is 9.64. The molecule has 0 bridgehead atoms. The van der Waals surface area contributed by atoms with E-state index < -0.39 is 0 Å². The minimum Gasteiger partial charge on any atom is -0.389 e. The van der Waals surface area contributed by atoms with Crippen LogP contribution in [0.1, 0.15) is 49.8 Å². The van der Waals surface area contributed by atoms with Crippen molar-refractivity contribution in [1.82, 2.24) is 0 Å². The molecule has 0 amide bonds. The first-order valence-electron chi connectivity index (χ1n) is 7.30. The van der Waals surface area contributed by atoms with Gasteiger partial charge in [-0.15, -0.1) is 0 Å². The van der Waals surface area contributed by atoms with Crippen molar-refractivity contribution < 1.29 is 5.11 Å². The van der Waals surface area contributed by atoms with E-state index in [2.05, 4.69) is 23.1 Å². The van der Waals surface area contributed by atoms with Crippen molar-refractivity contribution in [2.45, 2.75) is 45.1 Å². The molecule has 0 saturated heterocycles. The highest BCUT2D eigenvalue weighted by Crippen LogP contribution is 2.33. The Morgan fingerprint density at radius 2 is 2.11 bits per heavy atom. The van der Waals surface area contributed by atoms with Gasteiger partial charge in [0.05, 0.1) is 6.10 Å². The summed E-state index contributed by atoms with van der Waals surface area (Å²) in [6, 6.07) is 6.48. The Hall–Kier alpha value is -1.02. The van der Waals surface area contributed by atoms with Crippen molar-refractivity contribution in [1.29, 1.82) is 0 Å². The molecule has 1 saturated carbocycles. The molecule has 0 aromatic heterocycles. The summed E-state index contributed by atoms with van der Waals surface area (Å²) >= 11 is 0. The zero-order chi connectivity index (χ0) is 12.5. The average Bonchev–Trinajstić information content (AvgIpc) is 2.99. The van der Waals surface area contributed by atoms with Crippen LogP contribution in [0.4, 0.5) is 5.69 Å². The smallest absolute Gasteiger partial charge is 0.0762 e. The standard InChI is InChI=1S/C16H23NO/c1-12(18)14-6-7-16-15(10-14)8-9-17(16)11-13-4-2-3-5-13/h6-7,10,12-13,18H,2-5,8-9,11H2,1H3. The minimum absolute atomic E-state index is 0.348. The number of fused-ring (bicyclic) bond motifs is 1. The molecule has 1 aliphatic heterocycles. The number of anilines is 1. The van der Waals surface area contributed by atoms with Gasteiger partial charge in [0.15, 0.2) is 0 Å². The Morgan fingerprint density at radius 1 is 1.33 bits per heavy atom. The number of aliphatic hydroxyl groups is 1. The molecule has 0 spiro atoms. The third-order valence-corrected chi connectivity index (χ3v) is 4.53. The quantitative estimate of drug-likeness (QED) is 0.883. The fourth-order valence-electron chi connectivity index (χ4n) is 3.44. The molecule has 2 heteroatoms. The Balaban J connectivity index is 1.75. The molecule has 18 heavy (non-hydrogen) atoms. The van der Waals surface area contributed by atoms with Crippen molar-refractivity contribution in [2.24, 2.45) is 5.92 Å². The lowest BCUT2D eigenvalue weighted by atomic mass is 10.0. The van der Waals surface area contributed by atoms with Gasteiger partial charge in [0.2, 0.25) is 0 Å². The van der Waals surface area contributed by atoms with Gasteiger partial charge in [-0.3, -0.25) is 0 Å². The van der Waals surface area contributed by atoms with Crippen LogP contribution < -0.4 is 4.90 Å². The van der Waals surface area contributed by atoms with E-state index in [0.717, 1.165) is 24.4 Å². The van der Waals surface area contributed by atoms with Gasteiger partial charge in [-0.2, -0.15) is 0 Å². The first-order valence-corrected chi connectivity index (χ1v) is 7.30. The van der Waals surface area contributed by atoms with Gasteiger partial charge in [-0.25, -0.2) is 0 Å². The van der Waals surface area contributed by atoms with Crippen LogP contribution in [0.2, 0.25) is 0 Å². The molecule has 2 nitrogen and oxygen atoms in total. The Labute approximate surface area is 110 Å². The van der Waals surface area contributed by atoms with Crippen molar-refractivity contribution in [3.63, 3.8) is 0 Å². The second-order valence-electron chi connectivity index (χ2n) is 5.91. The summed E-state index contributed by atoms with van der Waals surface area (Å²) in [6.07, 6.45) is 6.47. The highest BCUT2D eigenvalue weighted by Gasteiger charge is 2.24. The van der Waals surface area contributed by atoms with Crippen LogP contribution in [-0.2, 0) is 6.42 Å². The third-order valence-electron chi connectivity index (χ3n) is 4.53.